The first-order chi connectivity index (χ1) is 5.16. The largest absolute Gasteiger partial charge is 0.380 e. The summed E-state index contributed by atoms with van der Waals surface area (Å²) < 4.78 is 5.82. The van der Waals surface area contributed by atoms with Crippen LogP contribution in [-0.2, 0) is 0 Å². The molecule has 0 saturated heterocycles. The molecule has 0 radical (unpaired) electrons. The van der Waals surface area contributed by atoms with Crippen LogP contribution in [-0.4, -0.2) is 5.16 Å². The Labute approximate surface area is 74.1 Å². The number of aromatic nitrogens is 1. The third-order valence-corrected chi connectivity index (χ3v) is 2.54. The zero-order valence-corrected chi connectivity index (χ0v) is 8.18. The van der Waals surface area contributed by atoms with Crippen LogP contribution < -0.4 is 5.73 Å². The number of hydrogen-bond acceptors (Lipinski definition) is 3. The van der Waals surface area contributed by atoms with E-state index in [0.717, 1.165) is 16.7 Å². The van der Waals surface area contributed by atoms with Crippen molar-refractivity contribution in [2.24, 2.45) is 0 Å². The van der Waals surface area contributed by atoms with Gasteiger partial charge in [-0.25, -0.2) is 0 Å². The van der Waals surface area contributed by atoms with Gasteiger partial charge in [-0.3, -0.25) is 0 Å². The maximum Gasteiger partial charge on any atom is 0.181 e. The van der Waals surface area contributed by atoms with E-state index in [0.29, 0.717) is 11.7 Å². The number of nitrogens with zero attached hydrogens (tertiary/aromatic N) is 1. The molecule has 1 atom stereocenters. The van der Waals surface area contributed by atoms with Crippen LogP contribution in [0.5, 0.6) is 0 Å². The van der Waals surface area contributed by atoms with E-state index in [2.05, 4.69) is 34.9 Å². The molecule has 1 aromatic heterocycles. The summed E-state index contributed by atoms with van der Waals surface area (Å²) in [5.41, 5.74) is 5.48. The van der Waals surface area contributed by atoms with Crippen molar-refractivity contribution in [2.75, 3.05) is 5.73 Å². The van der Waals surface area contributed by atoms with E-state index < -0.39 is 0 Å². The molecule has 0 aromatic carbocycles. The van der Waals surface area contributed by atoms with Crippen LogP contribution in [0.3, 0.4) is 0 Å². The molecule has 1 aromatic rings. The van der Waals surface area contributed by atoms with Gasteiger partial charge in [0.15, 0.2) is 11.6 Å². The van der Waals surface area contributed by atoms with Gasteiger partial charge in [-0.05, 0) is 22.4 Å². The Hall–Kier alpha value is -0.510. The van der Waals surface area contributed by atoms with Crippen LogP contribution in [0.2, 0.25) is 0 Å². The molecule has 0 saturated carbocycles. The normalized spacial score (nSPS) is 13.4. The van der Waals surface area contributed by atoms with E-state index in [1.807, 2.05) is 0 Å². The van der Waals surface area contributed by atoms with Crippen LogP contribution >= 0.6 is 15.9 Å². The van der Waals surface area contributed by atoms with Crippen molar-refractivity contribution >= 4 is 21.7 Å². The summed E-state index contributed by atoms with van der Waals surface area (Å²) in [6.45, 7) is 4.17. The van der Waals surface area contributed by atoms with Crippen molar-refractivity contribution in [2.45, 2.75) is 26.2 Å². The number of hydrogen-bond donors (Lipinski definition) is 1. The van der Waals surface area contributed by atoms with Gasteiger partial charge in [0, 0.05) is 5.92 Å². The maximum absolute atomic E-state index is 5.48. The summed E-state index contributed by atoms with van der Waals surface area (Å²) in [6, 6.07) is 0. The molecule has 1 unspecified atom stereocenters. The lowest BCUT2D eigenvalue weighted by atomic mass is 10.1. The fourth-order valence-electron chi connectivity index (χ4n) is 0.796. The highest BCUT2D eigenvalue weighted by Gasteiger charge is 2.15. The molecular formula is C7H11BrN2O. The molecule has 0 aliphatic rings. The van der Waals surface area contributed by atoms with Gasteiger partial charge in [-0.1, -0.05) is 19.0 Å². The predicted octanol–water partition coefficient (Wildman–Crippen LogP) is 2.53. The van der Waals surface area contributed by atoms with Crippen molar-refractivity contribution < 1.29 is 4.52 Å². The minimum absolute atomic E-state index is 0.370. The average Bonchev–Trinajstić information content (AvgIpc) is 2.32. The summed E-state index contributed by atoms with van der Waals surface area (Å²) >= 11 is 3.31. The van der Waals surface area contributed by atoms with E-state index in [-0.39, 0.29) is 0 Å². The minimum atomic E-state index is 0.370. The zero-order chi connectivity index (χ0) is 8.43. The van der Waals surface area contributed by atoms with Crippen molar-refractivity contribution in [3.63, 3.8) is 0 Å². The van der Waals surface area contributed by atoms with Crippen molar-refractivity contribution in [1.82, 2.24) is 5.16 Å². The molecule has 3 nitrogen and oxygen atoms in total. The standard InChI is InChI=1S/C7H11BrN2O/c1-3-4(2)6-5(8)7(9)10-11-6/h4H,3H2,1-2H3,(H2,9,10). The molecule has 0 fully saturated rings. The van der Waals surface area contributed by atoms with Crippen molar-refractivity contribution in [1.29, 1.82) is 0 Å². The Morgan fingerprint density at radius 2 is 2.36 bits per heavy atom. The molecular weight excluding hydrogens is 208 g/mol. The van der Waals surface area contributed by atoms with Gasteiger partial charge in [-0.2, -0.15) is 0 Å². The fourth-order valence-corrected chi connectivity index (χ4v) is 1.33. The number of anilines is 1. The minimum Gasteiger partial charge on any atom is -0.380 e. The quantitative estimate of drug-likeness (QED) is 0.831. The Morgan fingerprint density at radius 3 is 2.73 bits per heavy atom. The van der Waals surface area contributed by atoms with E-state index in [1.54, 1.807) is 0 Å². The predicted molar refractivity (Wildman–Crippen MR) is 47.3 cm³/mol. The van der Waals surface area contributed by atoms with Crippen LogP contribution in [0, 0.1) is 0 Å². The summed E-state index contributed by atoms with van der Waals surface area (Å²) in [5, 5.41) is 3.64. The van der Waals surface area contributed by atoms with Crippen LogP contribution in [0.4, 0.5) is 5.82 Å². The fraction of sp³-hybridized carbons (Fsp3) is 0.571. The number of nitrogen functional groups attached to an aromatic ring is 1. The van der Waals surface area contributed by atoms with Crippen LogP contribution in [0.25, 0.3) is 0 Å². The second kappa shape index (κ2) is 3.26. The molecule has 0 aliphatic heterocycles. The molecule has 62 valence electrons. The topological polar surface area (TPSA) is 52.0 Å². The Kier molecular flexibility index (Phi) is 2.54. The Bertz CT molecular complexity index is 247. The number of nitrogens with two attached hydrogens (primary N) is 1. The third-order valence-electron chi connectivity index (χ3n) is 1.74. The Morgan fingerprint density at radius 1 is 1.73 bits per heavy atom. The summed E-state index contributed by atoms with van der Waals surface area (Å²) in [4.78, 5) is 0. The van der Waals surface area contributed by atoms with E-state index in [9.17, 15) is 0 Å². The zero-order valence-electron chi connectivity index (χ0n) is 6.60. The van der Waals surface area contributed by atoms with Gasteiger partial charge in [0.25, 0.3) is 0 Å². The molecule has 0 spiro atoms. The highest BCUT2D eigenvalue weighted by molar-refractivity contribution is 9.10. The maximum atomic E-state index is 5.48. The molecule has 1 rings (SSSR count). The molecule has 11 heavy (non-hydrogen) atoms. The first kappa shape index (κ1) is 8.59. The van der Waals surface area contributed by atoms with Gasteiger partial charge in [-0.15, -0.1) is 0 Å². The number of rotatable bonds is 2. The molecule has 0 aliphatic carbocycles. The van der Waals surface area contributed by atoms with E-state index in [4.69, 9.17) is 10.3 Å². The molecule has 4 heteroatoms. The Balaban J connectivity index is 2.94. The monoisotopic (exact) mass is 218 g/mol. The van der Waals surface area contributed by atoms with E-state index >= 15 is 0 Å². The van der Waals surface area contributed by atoms with Gasteiger partial charge >= 0.3 is 0 Å². The highest BCUT2D eigenvalue weighted by atomic mass is 79.9. The van der Waals surface area contributed by atoms with Crippen LogP contribution in [0.1, 0.15) is 31.9 Å². The average molecular weight is 219 g/mol. The lowest BCUT2D eigenvalue weighted by Gasteiger charge is -2.01. The number of halogens is 1. The second-order valence-corrected chi connectivity index (χ2v) is 3.35. The van der Waals surface area contributed by atoms with Gasteiger partial charge in [0.2, 0.25) is 0 Å². The van der Waals surface area contributed by atoms with Crippen molar-refractivity contribution in [3.8, 4) is 0 Å². The lowest BCUT2D eigenvalue weighted by molar-refractivity contribution is 0.364. The molecule has 0 bridgehead atoms. The first-order valence-electron chi connectivity index (χ1n) is 3.57. The third kappa shape index (κ3) is 1.56. The summed E-state index contributed by atoms with van der Waals surface area (Å²) in [6.07, 6.45) is 1.02. The molecule has 2 N–H and O–H groups in total. The molecule has 0 amide bonds. The first-order valence-corrected chi connectivity index (χ1v) is 4.36. The SMILES string of the molecule is CCC(C)c1onc(N)c1Br. The summed E-state index contributed by atoms with van der Waals surface area (Å²) in [5.74, 6) is 1.64. The second-order valence-electron chi connectivity index (χ2n) is 2.56. The smallest absolute Gasteiger partial charge is 0.181 e. The van der Waals surface area contributed by atoms with Gasteiger partial charge in [0.1, 0.15) is 4.47 Å². The highest BCUT2D eigenvalue weighted by Crippen LogP contribution is 2.30. The van der Waals surface area contributed by atoms with Crippen LogP contribution in [0.15, 0.2) is 9.00 Å². The van der Waals surface area contributed by atoms with Gasteiger partial charge < -0.3 is 10.3 Å². The van der Waals surface area contributed by atoms with Crippen molar-refractivity contribution in [3.05, 3.63) is 10.2 Å². The lowest BCUT2D eigenvalue weighted by Crippen LogP contribution is -1.90. The summed E-state index contributed by atoms with van der Waals surface area (Å²) in [7, 11) is 0. The van der Waals surface area contributed by atoms with Gasteiger partial charge in [0.05, 0.1) is 0 Å². The van der Waals surface area contributed by atoms with E-state index in [1.165, 1.54) is 0 Å². The molecule has 1 heterocycles.